The third kappa shape index (κ3) is 2.03. The first-order valence-corrected chi connectivity index (χ1v) is 5.20. The van der Waals surface area contributed by atoms with E-state index in [9.17, 15) is 4.79 Å². The lowest BCUT2D eigenvalue weighted by Gasteiger charge is -2.33. The molecular formula is C11H19N3O. The second-order valence-corrected chi connectivity index (χ2v) is 4.58. The van der Waals surface area contributed by atoms with Crippen molar-refractivity contribution in [1.29, 1.82) is 5.41 Å². The molecule has 0 bridgehead atoms. The molecule has 1 fully saturated rings. The van der Waals surface area contributed by atoms with Crippen molar-refractivity contribution in [2.75, 3.05) is 6.54 Å². The predicted molar refractivity (Wildman–Crippen MR) is 61.0 cm³/mol. The van der Waals surface area contributed by atoms with Crippen molar-refractivity contribution in [3.8, 4) is 0 Å². The van der Waals surface area contributed by atoms with Gasteiger partial charge in [0.2, 0.25) is 0 Å². The summed E-state index contributed by atoms with van der Waals surface area (Å²) in [7, 11) is 0. The minimum absolute atomic E-state index is 0.192. The average molecular weight is 209 g/mol. The molecule has 1 atom stereocenters. The van der Waals surface area contributed by atoms with Gasteiger partial charge in [-0.3, -0.25) is 10.7 Å². The van der Waals surface area contributed by atoms with E-state index in [-0.39, 0.29) is 6.03 Å². The topological polar surface area (TPSA) is 56.2 Å². The fourth-order valence-electron chi connectivity index (χ4n) is 2.09. The maximum atomic E-state index is 11.6. The summed E-state index contributed by atoms with van der Waals surface area (Å²) in [6.07, 6.45) is 2.48. The van der Waals surface area contributed by atoms with Crippen molar-refractivity contribution in [1.82, 2.24) is 10.2 Å². The molecule has 2 N–H and O–H groups in total. The first kappa shape index (κ1) is 11.8. The molecular weight excluding hydrogens is 190 g/mol. The van der Waals surface area contributed by atoms with Crippen molar-refractivity contribution >= 4 is 11.9 Å². The summed E-state index contributed by atoms with van der Waals surface area (Å²) in [5.74, 6) is 0.735. The number of nitrogens with one attached hydrogen (secondary N) is 2. The number of amides is 2. The summed E-state index contributed by atoms with van der Waals surface area (Å²) in [6, 6.07) is -0.192. The quantitative estimate of drug-likeness (QED) is 0.683. The summed E-state index contributed by atoms with van der Waals surface area (Å²) < 4.78 is 0. The van der Waals surface area contributed by atoms with Crippen LogP contribution in [0.4, 0.5) is 4.79 Å². The molecule has 0 aliphatic carbocycles. The number of hydrogen-bond donors (Lipinski definition) is 2. The highest BCUT2D eigenvalue weighted by Gasteiger charge is 2.45. The molecule has 84 valence electrons. The van der Waals surface area contributed by atoms with Crippen LogP contribution in [0.15, 0.2) is 12.7 Å². The third-order valence-electron chi connectivity index (χ3n) is 2.73. The molecule has 1 rings (SSSR count). The van der Waals surface area contributed by atoms with Gasteiger partial charge in [0.1, 0.15) is 5.84 Å². The van der Waals surface area contributed by atoms with Crippen molar-refractivity contribution in [2.45, 2.75) is 32.7 Å². The summed E-state index contributed by atoms with van der Waals surface area (Å²) in [6.45, 7) is 10.2. The fourth-order valence-corrected chi connectivity index (χ4v) is 2.09. The molecule has 1 unspecified atom stereocenters. The van der Waals surface area contributed by atoms with Gasteiger partial charge in [0.15, 0.2) is 0 Å². The van der Waals surface area contributed by atoms with Crippen LogP contribution in [-0.2, 0) is 0 Å². The van der Waals surface area contributed by atoms with E-state index in [0.29, 0.717) is 18.3 Å². The Kier molecular flexibility index (Phi) is 3.17. The third-order valence-corrected chi connectivity index (χ3v) is 2.73. The number of carbonyl (C=O) groups is 1. The molecule has 1 saturated heterocycles. The van der Waals surface area contributed by atoms with Crippen LogP contribution in [0.2, 0.25) is 0 Å². The number of urea groups is 1. The van der Waals surface area contributed by atoms with Crippen LogP contribution in [0.25, 0.3) is 0 Å². The number of amidine groups is 1. The molecule has 0 spiro atoms. The highest BCUT2D eigenvalue weighted by Crippen LogP contribution is 2.28. The maximum Gasteiger partial charge on any atom is 0.323 e. The van der Waals surface area contributed by atoms with Gasteiger partial charge in [-0.25, -0.2) is 4.79 Å². The monoisotopic (exact) mass is 209 g/mol. The standard InChI is InChI=1S/C11H19N3O/c1-5-6-14-10(15)13-9(12)11(14,4)7-8(2)3/h5,8H,1,6-7H2,2-4H3,(H2,12,13,15). The zero-order chi connectivity index (χ0) is 11.6. The zero-order valence-corrected chi connectivity index (χ0v) is 9.63. The van der Waals surface area contributed by atoms with E-state index in [1.165, 1.54) is 0 Å². The second kappa shape index (κ2) is 4.04. The fraction of sp³-hybridized carbons (Fsp3) is 0.636. The molecule has 2 amide bonds. The van der Waals surface area contributed by atoms with Crippen LogP contribution in [0.5, 0.6) is 0 Å². The minimum atomic E-state index is -0.501. The van der Waals surface area contributed by atoms with Crippen LogP contribution >= 0.6 is 0 Å². The van der Waals surface area contributed by atoms with Crippen LogP contribution in [0, 0.1) is 11.3 Å². The second-order valence-electron chi connectivity index (χ2n) is 4.58. The minimum Gasteiger partial charge on any atom is -0.308 e. The number of hydrogen-bond acceptors (Lipinski definition) is 2. The molecule has 0 aromatic heterocycles. The van der Waals surface area contributed by atoms with E-state index < -0.39 is 5.54 Å². The summed E-state index contributed by atoms with van der Waals surface area (Å²) in [4.78, 5) is 13.3. The van der Waals surface area contributed by atoms with E-state index in [2.05, 4.69) is 25.7 Å². The molecule has 1 heterocycles. The Bertz CT molecular complexity index is 298. The van der Waals surface area contributed by atoms with E-state index in [4.69, 9.17) is 5.41 Å². The highest BCUT2D eigenvalue weighted by molar-refractivity contribution is 6.08. The van der Waals surface area contributed by atoms with Crippen LogP contribution < -0.4 is 5.32 Å². The van der Waals surface area contributed by atoms with Gasteiger partial charge < -0.3 is 4.90 Å². The molecule has 1 aliphatic rings. The Balaban J connectivity index is 2.94. The van der Waals surface area contributed by atoms with Crippen molar-refractivity contribution in [2.24, 2.45) is 5.92 Å². The van der Waals surface area contributed by atoms with Gasteiger partial charge in [-0.1, -0.05) is 19.9 Å². The Morgan fingerprint density at radius 3 is 2.73 bits per heavy atom. The molecule has 0 saturated carbocycles. The van der Waals surface area contributed by atoms with Gasteiger partial charge in [0, 0.05) is 6.54 Å². The van der Waals surface area contributed by atoms with E-state index in [0.717, 1.165) is 6.42 Å². The van der Waals surface area contributed by atoms with Gasteiger partial charge >= 0.3 is 6.03 Å². The largest absolute Gasteiger partial charge is 0.323 e. The Labute approximate surface area is 90.8 Å². The van der Waals surface area contributed by atoms with Gasteiger partial charge in [-0.15, -0.1) is 6.58 Å². The van der Waals surface area contributed by atoms with E-state index >= 15 is 0 Å². The normalized spacial score (nSPS) is 26.0. The van der Waals surface area contributed by atoms with Crippen LogP contribution in [-0.4, -0.2) is 28.9 Å². The zero-order valence-electron chi connectivity index (χ0n) is 9.63. The van der Waals surface area contributed by atoms with E-state index in [1.54, 1.807) is 11.0 Å². The van der Waals surface area contributed by atoms with Crippen molar-refractivity contribution < 1.29 is 4.79 Å². The SMILES string of the molecule is C=CCN1C(=O)NC(=N)C1(C)CC(C)C. The van der Waals surface area contributed by atoms with Crippen molar-refractivity contribution in [3.05, 3.63) is 12.7 Å². The maximum absolute atomic E-state index is 11.6. The molecule has 0 aromatic rings. The molecule has 15 heavy (non-hydrogen) atoms. The van der Waals surface area contributed by atoms with Gasteiger partial charge in [-0.2, -0.15) is 0 Å². The molecule has 4 nitrogen and oxygen atoms in total. The van der Waals surface area contributed by atoms with Gasteiger partial charge in [-0.05, 0) is 19.3 Å². The summed E-state index contributed by atoms with van der Waals surface area (Å²) in [5.41, 5.74) is -0.501. The smallest absolute Gasteiger partial charge is 0.308 e. The molecule has 0 aromatic carbocycles. The average Bonchev–Trinajstić information content (AvgIpc) is 2.29. The number of nitrogens with zero attached hydrogens (tertiary/aromatic N) is 1. The number of rotatable bonds is 4. The van der Waals surface area contributed by atoms with E-state index in [1.807, 2.05) is 6.92 Å². The Hall–Kier alpha value is -1.32. The summed E-state index contributed by atoms with van der Waals surface area (Å²) in [5, 5.41) is 10.4. The Morgan fingerprint density at radius 2 is 2.27 bits per heavy atom. The van der Waals surface area contributed by atoms with Gasteiger partial charge in [0.25, 0.3) is 0 Å². The molecule has 0 radical (unpaired) electrons. The summed E-state index contributed by atoms with van der Waals surface area (Å²) >= 11 is 0. The Morgan fingerprint density at radius 1 is 1.67 bits per heavy atom. The molecule has 1 aliphatic heterocycles. The van der Waals surface area contributed by atoms with Crippen LogP contribution in [0.1, 0.15) is 27.2 Å². The molecule has 4 heteroatoms. The lowest BCUT2D eigenvalue weighted by molar-refractivity contribution is 0.177. The lowest BCUT2D eigenvalue weighted by Crippen LogP contribution is -2.47. The first-order chi connectivity index (χ1) is 6.91. The van der Waals surface area contributed by atoms with Crippen molar-refractivity contribution in [3.63, 3.8) is 0 Å². The van der Waals surface area contributed by atoms with Gasteiger partial charge in [0.05, 0.1) is 5.54 Å². The first-order valence-electron chi connectivity index (χ1n) is 5.20. The predicted octanol–water partition coefficient (Wildman–Crippen LogP) is 1.98. The van der Waals surface area contributed by atoms with Crippen LogP contribution in [0.3, 0.4) is 0 Å². The lowest BCUT2D eigenvalue weighted by atomic mass is 9.89. The number of carbonyl (C=O) groups excluding carboxylic acids is 1. The highest BCUT2D eigenvalue weighted by atomic mass is 16.2.